The van der Waals surface area contributed by atoms with Crippen molar-refractivity contribution in [3.63, 3.8) is 0 Å². The molecule has 1 unspecified atom stereocenters. The summed E-state index contributed by atoms with van der Waals surface area (Å²) in [6.07, 6.45) is 8.45. The maximum absolute atomic E-state index is 9.72. The molecule has 31 heavy (non-hydrogen) atoms. The number of rotatable bonds is 5. The first-order chi connectivity index (χ1) is 15.3. The van der Waals surface area contributed by atoms with E-state index in [1.165, 1.54) is 0 Å². The molecule has 1 aromatic carbocycles. The maximum Gasteiger partial charge on any atom is 0.172 e. The van der Waals surface area contributed by atoms with Crippen molar-refractivity contribution >= 4 is 29.6 Å². The Morgan fingerprint density at radius 1 is 1.16 bits per heavy atom. The van der Waals surface area contributed by atoms with Gasteiger partial charge >= 0.3 is 0 Å². The zero-order chi connectivity index (χ0) is 23.3. The van der Waals surface area contributed by atoms with Crippen LogP contribution in [0.15, 0.2) is 64.9 Å². The van der Waals surface area contributed by atoms with Gasteiger partial charge in [0.1, 0.15) is 29.4 Å². The summed E-state index contributed by atoms with van der Waals surface area (Å²) in [4.78, 5) is 2.14. The van der Waals surface area contributed by atoms with E-state index in [1.54, 1.807) is 23.5 Å². The van der Waals surface area contributed by atoms with Crippen LogP contribution in [0.3, 0.4) is 0 Å². The number of thiophene rings is 1. The molecule has 0 fully saturated rings. The number of ether oxygens (including phenoxy) is 1. The molecule has 0 saturated carbocycles. The molecule has 3 rings (SSSR count). The monoisotopic (exact) mass is 424 g/mol. The second-order valence-corrected chi connectivity index (χ2v) is 8.33. The second kappa shape index (κ2) is 9.31. The van der Waals surface area contributed by atoms with Gasteiger partial charge in [0.25, 0.3) is 0 Å². The minimum Gasteiger partial charge on any atom is -0.479 e. The molecule has 1 aliphatic heterocycles. The molecule has 2 heterocycles. The first-order valence-electron chi connectivity index (χ1n) is 10.3. The van der Waals surface area contributed by atoms with Gasteiger partial charge < -0.3 is 4.74 Å². The van der Waals surface area contributed by atoms with E-state index < -0.39 is 5.60 Å². The van der Waals surface area contributed by atoms with Crippen molar-refractivity contribution in [1.82, 2.24) is 0 Å². The predicted molar refractivity (Wildman–Crippen MR) is 124 cm³/mol. The van der Waals surface area contributed by atoms with E-state index in [0.717, 1.165) is 20.9 Å². The van der Waals surface area contributed by atoms with E-state index >= 15 is 0 Å². The highest BCUT2D eigenvalue weighted by atomic mass is 32.1. The lowest BCUT2D eigenvalue weighted by molar-refractivity contribution is 0.0738. The minimum absolute atomic E-state index is 0.0613. The SMILES string of the molecule is [2H]c1ccc(/C=C/c2sc(/C=C/C3=C(C#N)C(=C(C#N)C#N)OC3(C)CC)cc2C)cc1. The van der Waals surface area contributed by atoms with Crippen molar-refractivity contribution in [3.8, 4) is 18.2 Å². The summed E-state index contributed by atoms with van der Waals surface area (Å²) < 4.78 is 13.5. The van der Waals surface area contributed by atoms with Crippen LogP contribution in [-0.4, -0.2) is 5.60 Å². The fourth-order valence-corrected chi connectivity index (χ4v) is 4.25. The van der Waals surface area contributed by atoms with Gasteiger partial charge in [-0.25, -0.2) is 0 Å². The Kier molecular flexibility index (Phi) is 6.13. The topological polar surface area (TPSA) is 80.6 Å². The molecule has 0 N–H and O–H groups in total. The Bertz CT molecular complexity index is 1270. The van der Waals surface area contributed by atoms with E-state index in [9.17, 15) is 15.8 Å². The van der Waals surface area contributed by atoms with Crippen LogP contribution in [0.5, 0.6) is 0 Å². The van der Waals surface area contributed by atoms with Gasteiger partial charge in [-0.1, -0.05) is 49.4 Å². The van der Waals surface area contributed by atoms with Crippen LogP contribution in [0.1, 0.15) is 42.5 Å². The summed E-state index contributed by atoms with van der Waals surface area (Å²) in [6, 6.07) is 15.7. The first kappa shape index (κ1) is 20.4. The molecule has 0 bridgehead atoms. The fraction of sp³-hybridized carbons (Fsp3) is 0.192. The molecular weight excluding hydrogens is 402 g/mol. The highest BCUT2D eigenvalue weighted by molar-refractivity contribution is 7.14. The van der Waals surface area contributed by atoms with Crippen molar-refractivity contribution in [2.24, 2.45) is 0 Å². The van der Waals surface area contributed by atoms with Gasteiger partial charge in [0.2, 0.25) is 0 Å². The maximum atomic E-state index is 9.72. The average molecular weight is 425 g/mol. The third-order valence-electron chi connectivity index (χ3n) is 5.19. The van der Waals surface area contributed by atoms with Crippen LogP contribution < -0.4 is 0 Å². The Hall–Kier alpha value is -3.85. The minimum atomic E-state index is -0.783. The standard InChI is InChI=1S/C26H21N3OS/c1-4-26(3)23(22(17-29)25(30-26)20(15-27)16-28)12-11-21-14-18(2)24(31-21)13-10-19-8-6-5-7-9-19/h5-14H,4H2,1-3H3/b12-11+,13-10+/i5D. The number of allylic oxidation sites excluding steroid dienone is 2. The largest absolute Gasteiger partial charge is 0.479 e. The first-order valence-corrected chi connectivity index (χ1v) is 10.6. The van der Waals surface area contributed by atoms with E-state index in [-0.39, 0.29) is 16.9 Å². The Morgan fingerprint density at radius 3 is 2.48 bits per heavy atom. The number of benzene rings is 1. The van der Waals surface area contributed by atoms with Crippen molar-refractivity contribution in [2.75, 3.05) is 0 Å². The molecule has 1 aliphatic rings. The zero-order valence-electron chi connectivity index (χ0n) is 18.6. The number of hydrogen-bond acceptors (Lipinski definition) is 5. The average Bonchev–Trinajstić information content (AvgIpc) is 3.29. The summed E-state index contributed by atoms with van der Waals surface area (Å²) in [5.41, 5.74) is 2.09. The second-order valence-electron chi connectivity index (χ2n) is 7.21. The van der Waals surface area contributed by atoms with E-state index in [4.69, 9.17) is 6.11 Å². The van der Waals surface area contributed by atoms with Crippen molar-refractivity contribution in [3.05, 3.63) is 85.8 Å². The Morgan fingerprint density at radius 2 is 1.87 bits per heavy atom. The van der Waals surface area contributed by atoms with Crippen molar-refractivity contribution in [1.29, 1.82) is 15.8 Å². The number of hydrogen-bond donors (Lipinski definition) is 0. The van der Waals surface area contributed by atoms with Gasteiger partial charge in [-0.05, 0) is 49.6 Å². The highest BCUT2D eigenvalue weighted by Crippen LogP contribution is 2.42. The molecule has 0 aliphatic carbocycles. The van der Waals surface area contributed by atoms with Crippen LogP contribution >= 0.6 is 11.3 Å². The van der Waals surface area contributed by atoms with E-state index in [2.05, 4.69) is 18.2 Å². The molecule has 0 saturated heterocycles. The quantitative estimate of drug-likeness (QED) is 0.509. The third-order valence-corrected chi connectivity index (χ3v) is 6.36. The van der Waals surface area contributed by atoms with Crippen molar-refractivity contribution in [2.45, 2.75) is 32.8 Å². The lowest BCUT2D eigenvalue weighted by Gasteiger charge is -2.24. The normalized spacial score (nSPS) is 18.6. The molecule has 1 aromatic heterocycles. The van der Waals surface area contributed by atoms with E-state index in [0.29, 0.717) is 18.0 Å². The zero-order valence-corrected chi connectivity index (χ0v) is 18.4. The Balaban J connectivity index is 1.95. The van der Waals surface area contributed by atoms with Gasteiger partial charge in [0, 0.05) is 15.3 Å². The summed E-state index contributed by atoms with van der Waals surface area (Å²) in [5, 5.41) is 28.2. The lowest BCUT2D eigenvalue weighted by Crippen LogP contribution is -2.24. The Labute approximate surface area is 188 Å². The van der Waals surface area contributed by atoms with Crippen LogP contribution in [0.2, 0.25) is 0 Å². The molecule has 4 nitrogen and oxygen atoms in total. The van der Waals surface area contributed by atoms with Gasteiger partial charge in [-0.15, -0.1) is 11.3 Å². The number of nitrogens with zero attached hydrogens (tertiary/aromatic N) is 3. The molecule has 1 atom stereocenters. The molecule has 0 spiro atoms. The summed E-state index contributed by atoms with van der Waals surface area (Å²) in [5.74, 6) is 0.0613. The summed E-state index contributed by atoms with van der Waals surface area (Å²) in [7, 11) is 0. The lowest BCUT2D eigenvalue weighted by atomic mass is 9.90. The van der Waals surface area contributed by atoms with Gasteiger partial charge in [0.05, 0.1) is 1.37 Å². The molecule has 0 amide bonds. The number of nitriles is 3. The van der Waals surface area contributed by atoms with Gasteiger partial charge in [0.15, 0.2) is 11.3 Å². The molecular formula is C26H21N3OS. The van der Waals surface area contributed by atoms with E-state index in [1.807, 2.05) is 63.3 Å². The predicted octanol–water partition coefficient (Wildman–Crippen LogP) is 6.56. The summed E-state index contributed by atoms with van der Waals surface area (Å²) in [6.45, 7) is 5.84. The van der Waals surface area contributed by atoms with Crippen LogP contribution in [0, 0.1) is 40.9 Å². The number of aryl methyl sites for hydroxylation is 1. The van der Waals surface area contributed by atoms with Crippen LogP contribution in [-0.2, 0) is 4.74 Å². The van der Waals surface area contributed by atoms with Crippen LogP contribution in [0.25, 0.3) is 18.2 Å². The van der Waals surface area contributed by atoms with Crippen LogP contribution in [0.4, 0.5) is 0 Å². The smallest absolute Gasteiger partial charge is 0.172 e. The molecule has 5 heteroatoms. The third kappa shape index (κ3) is 4.51. The molecule has 0 radical (unpaired) electrons. The van der Waals surface area contributed by atoms with Crippen molar-refractivity contribution < 1.29 is 6.11 Å². The van der Waals surface area contributed by atoms with Gasteiger partial charge in [-0.3, -0.25) is 0 Å². The summed E-state index contributed by atoms with van der Waals surface area (Å²) >= 11 is 1.62. The molecule has 152 valence electrons. The highest BCUT2D eigenvalue weighted by Gasteiger charge is 2.40. The fourth-order valence-electron chi connectivity index (χ4n) is 3.27. The molecule has 2 aromatic rings. The van der Waals surface area contributed by atoms with Gasteiger partial charge in [-0.2, -0.15) is 15.8 Å².